The minimum Gasteiger partial charge on any atom is -0.424 e. The van der Waals surface area contributed by atoms with Crippen molar-refractivity contribution in [1.29, 1.82) is 0 Å². The molecule has 114 valence electrons. The molecule has 3 aromatic rings. The van der Waals surface area contributed by atoms with E-state index in [1.165, 1.54) is 18.2 Å². The van der Waals surface area contributed by atoms with E-state index in [1.54, 1.807) is 31.2 Å². The van der Waals surface area contributed by atoms with Crippen LogP contribution in [0.2, 0.25) is 5.02 Å². The Morgan fingerprint density at radius 3 is 2.86 bits per heavy atom. The normalized spacial score (nSPS) is 14.0. The summed E-state index contributed by atoms with van der Waals surface area (Å²) >= 11 is 6.10. The highest BCUT2D eigenvalue weighted by Crippen LogP contribution is 2.28. The second-order valence-electron chi connectivity index (χ2n) is 5.24. The number of fused-ring (bicyclic) bond motifs is 1. The Morgan fingerprint density at radius 1 is 1.32 bits per heavy atom. The smallest absolute Gasteiger partial charge is 0.295 e. The number of oxazole rings is 1. The van der Waals surface area contributed by atoms with Crippen LogP contribution >= 0.6 is 11.6 Å². The molecule has 0 bridgehead atoms. The predicted octanol–water partition coefficient (Wildman–Crippen LogP) is 3.94. The summed E-state index contributed by atoms with van der Waals surface area (Å²) < 4.78 is 18.6. The Balaban J connectivity index is 1.79. The van der Waals surface area contributed by atoms with E-state index in [0.29, 0.717) is 21.7 Å². The van der Waals surface area contributed by atoms with Crippen molar-refractivity contribution in [2.75, 3.05) is 11.9 Å². The molecule has 0 aliphatic heterocycles. The fraction of sp³-hybridized carbons (Fsp3) is 0.188. The molecule has 0 saturated carbocycles. The van der Waals surface area contributed by atoms with Gasteiger partial charge in [0.15, 0.2) is 5.58 Å². The number of nitrogens with zero attached hydrogens (tertiary/aromatic N) is 1. The molecule has 0 spiro atoms. The fourth-order valence-corrected chi connectivity index (χ4v) is 2.56. The molecule has 0 radical (unpaired) electrons. The number of hydrogen-bond donors (Lipinski definition) is 2. The minimum absolute atomic E-state index is 0.145. The number of nitrogens with one attached hydrogen (secondary N) is 1. The first-order valence-corrected chi connectivity index (χ1v) is 7.11. The number of halogens is 2. The van der Waals surface area contributed by atoms with E-state index in [4.69, 9.17) is 16.0 Å². The summed E-state index contributed by atoms with van der Waals surface area (Å²) in [6.45, 7) is 1.79. The van der Waals surface area contributed by atoms with Gasteiger partial charge in [-0.05, 0) is 25.1 Å². The predicted molar refractivity (Wildman–Crippen MR) is 83.5 cm³/mol. The highest BCUT2D eigenvalue weighted by Gasteiger charge is 2.26. The molecule has 1 aromatic heterocycles. The summed E-state index contributed by atoms with van der Waals surface area (Å²) in [5.74, 6) is -0.379. The maximum Gasteiger partial charge on any atom is 0.295 e. The fourth-order valence-electron chi connectivity index (χ4n) is 2.22. The van der Waals surface area contributed by atoms with Gasteiger partial charge in [0.25, 0.3) is 6.01 Å². The van der Waals surface area contributed by atoms with Gasteiger partial charge in [-0.1, -0.05) is 29.8 Å². The molecule has 0 saturated heterocycles. The van der Waals surface area contributed by atoms with Gasteiger partial charge in [0, 0.05) is 16.7 Å². The highest BCUT2D eigenvalue weighted by molar-refractivity contribution is 6.31. The van der Waals surface area contributed by atoms with Crippen molar-refractivity contribution in [3.63, 3.8) is 0 Å². The van der Waals surface area contributed by atoms with Crippen LogP contribution in [0.3, 0.4) is 0 Å². The topological polar surface area (TPSA) is 58.3 Å². The lowest BCUT2D eigenvalue weighted by molar-refractivity contribution is 0.0711. The van der Waals surface area contributed by atoms with E-state index >= 15 is 0 Å². The summed E-state index contributed by atoms with van der Waals surface area (Å²) in [4.78, 5) is 4.13. The monoisotopic (exact) mass is 320 g/mol. The van der Waals surface area contributed by atoms with Crippen molar-refractivity contribution in [1.82, 2.24) is 4.98 Å². The van der Waals surface area contributed by atoms with E-state index in [9.17, 15) is 9.50 Å². The van der Waals surface area contributed by atoms with Crippen LogP contribution < -0.4 is 5.32 Å². The van der Waals surface area contributed by atoms with Gasteiger partial charge in [-0.25, -0.2) is 4.39 Å². The lowest BCUT2D eigenvalue weighted by atomic mass is 9.96. The van der Waals surface area contributed by atoms with Gasteiger partial charge in [0.2, 0.25) is 0 Å². The Bertz CT molecular complexity index is 817. The zero-order chi connectivity index (χ0) is 15.7. The van der Waals surface area contributed by atoms with Crippen LogP contribution in [-0.2, 0) is 5.60 Å². The van der Waals surface area contributed by atoms with Crippen molar-refractivity contribution < 1.29 is 13.9 Å². The Morgan fingerprint density at radius 2 is 2.09 bits per heavy atom. The average Bonchev–Trinajstić information content (AvgIpc) is 2.87. The summed E-state index contributed by atoms with van der Waals surface area (Å²) in [5, 5.41) is 14.0. The number of benzene rings is 2. The lowest BCUT2D eigenvalue weighted by Crippen LogP contribution is -2.31. The van der Waals surface area contributed by atoms with Crippen molar-refractivity contribution in [2.24, 2.45) is 0 Å². The first kappa shape index (κ1) is 14.8. The third-order valence-electron chi connectivity index (χ3n) is 3.39. The number of rotatable bonds is 4. The van der Waals surface area contributed by atoms with Crippen molar-refractivity contribution in [3.05, 3.63) is 58.9 Å². The first-order chi connectivity index (χ1) is 10.5. The number of hydrogen-bond acceptors (Lipinski definition) is 4. The first-order valence-electron chi connectivity index (χ1n) is 6.73. The van der Waals surface area contributed by atoms with Crippen molar-refractivity contribution in [3.8, 4) is 0 Å². The maximum atomic E-state index is 13.1. The van der Waals surface area contributed by atoms with Gasteiger partial charge in [-0.15, -0.1) is 0 Å². The van der Waals surface area contributed by atoms with Crippen LogP contribution in [0.15, 0.2) is 46.9 Å². The molecule has 6 heteroatoms. The van der Waals surface area contributed by atoms with Gasteiger partial charge in [-0.2, -0.15) is 4.98 Å². The molecule has 1 atom stereocenters. The van der Waals surface area contributed by atoms with Crippen molar-refractivity contribution in [2.45, 2.75) is 12.5 Å². The molecular formula is C16H14ClFN2O2. The third-order valence-corrected chi connectivity index (χ3v) is 3.72. The zero-order valence-corrected chi connectivity index (χ0v) is 12.6. The van der Waals surface area contributed by atoms with Crippen LogP contribution in [-0.4, -0.2) is 16.6 Å². The highest BCUT2D eigenvalue weighted by atomic mass is 35.5. The van der Waals surface area contributed by atoms with E-state index in [0.717, 1.165) is 0 Å². The molecule has 2 N–H and O–H groups in total. The largest absolute Gasteiger partial charge is 0.424 e. The molecule has 0 aliphatic carbocycles. The van der Waals surface area contributed by atoms with E-state index in [2.05, 4.69) is 10.3 Å². The number of aromatic nitrogens is 1. The SMILES string of the molecule is CC(O)(CNc1nc2cc(F)ccc2o1)c1ccccc1Cl. The lowest BCUT2D eigenvalue weighted by Gasteiger charge is -2.24. The Kier molecular flexibility index (Phi) is 3.76. The number of anilines is 1. The van der Waals surface area contributed by atoms with Crippen LogP contribution in [0.25, 0.3) is 11.1 Å². The molecule has 3 rings (SSSR count). The molecular weight excluding hydrogens is 307 g/mol. The van der Waals surface area contributed by atoms with Gasteiger partial charge in [0.1, 0.15) is 16.9 Å². The molecule has 0 amide bonds. The van der Waals surface area contributed by atoms with E-state index in [-0.39, 0.29) is 18.4 Å². The van der Waals surface area contributed by atoms with Crippen LogP contribution in [0.5, 0.6) is 0 Å². The summed E-state index contributed by atoms with van der Waals surface area (Å²) in [7, 11) is 0. The standard InChI is InChI=1S/C16H14ClFN2O2/c1-16(21,11-4-2-3-5-12(11)17)9-19-15-20-13-8-10(18)6-7-14(13)22-15/h2-8,21H,9H2,1H3,(H,19,20). The molecule has 4 nitrogen and oxygen atoms in total. The summed E-state index contributed by atoms with van der Waals surface area (Å²) in [6, 6.07) is 11.4. The van der Waals surface area contributed by atoms with Gasteiger partial charge in [-0.3, -0.25) is 0 Å². The van der Waals surface area contributed by atoms with Gasteiger partial charge >= 0.3 is 0 Å². The Labute approximate surface area is 131 Å². The van der Waals surface area contributed by atoms with E-state index < -0.39 is 5.60 Å². The van der Waals surface area contributed by atoms with Gasteiger partial charge in [0.05, 0.1) is 6.54 Å². The quantitative estimate of drug-likeness (QED) is 0.764. The number of aliphatic hydroxyl groups is 1. The summed E-state index contributed by atoms with van der Waals surface area (Å²) in [5.41, 5.74) is 0.289. The zero-order valence-electron chi connectivity index (χ0n) is 11.8. The second kappa shape index (κ2) is 5.59. The molecule has 2 aromatic carbocycles. The van der Waals surface area contributed by atoms with Crippen LogP contribution in [0.1, 0.15) is 12.5 Å². The van der Waals surface area contributed by atoms with Crippen LogP contribution in [0, 0.1) is 5.82 Å². The van der Waals surface area contributed by atoms with Gasteiger partial charge < -0.3 is 14.8 Å². The maximum absolute atomic E-state index is 13.1. The summed E-state index contributed by atoms with van der Waals surface area (Å²) in [6.07, 6.45) is 0. The molecule has 1 heterocycles. The van der Waals surface area contributed by atoms with E-state index in [1.807, 2.05) is 0 Å². The molecule has 0 aliphatic rings. The third kappa shape index (κ3) is 2.91. The molecule has 22 heavy (non-hydrogen) atoms. The Hall–Kier alpha value is -2.11. The molecule has 1 unspecified atom stereocenters. The van der Waals surface area contributed by atoms with Crippen LogP contribution in [0.4, 0.5) is 10.4 Å². The second-order valence-corrected chi connectivity index (χ2v) is 5.65. The van der Waals surface area contributed by atoms with Crippen molar-refractivity contribution >= 4 is 28.7 Å². The minimum atomic E-state index is -1.20. The average molecular weight is 321 g/mol. The molecule has 0 fully saturated rings.